The lowest BCUT2D eigenvalue weighted by Crippen LogP contribution is -2.57. The zero-order valence-corrected chi connectivity index (χ0v) is 49.0. The predicted octanol–water partition coefficient (Wildman–Crippen LogP) is 8.88. The van der Waals surface area contributed by atoms with E-state index in [0.717, 1.165) is 108 Å². The van der Waals surface area contributed by atoms with Crippen LogP contribution in [-0.4, -0.2) is 124 Å². The SMILES string of the molecule is CNC(C)C(=O)NC(C(=O)N1CC(NC(=O)c2ccc(-c3ccc(C(=O)NC4CC(c5nc(-c6ccccc6)cs5)N(C(=O)C(NC(O)C(C)NC)C5CCCCC5)C4)cc3)cc2)CC1c1nc(-c2ccccc2)cs1)C1CCCCC1. The summed E-state index contributed by atoms with van der Waals surface area (Å²) >= 11 is 3.02. The summed E-state index contributed by atoms with van der Waals surface area (Å²) in [6.07, 6.45) is 9.83. The molecule has 0 spiro atoms. The maximum atomic E-state index is 15.0. The molecule has 432 valence electrons. The van der Waals surface area contributed by atoms with Crippen molar-refractivity contribution < 1.29 is 29.1 Å². The number of likely N-dealkylation sites (N-methyl/N-ethyl adjacent to an activating group) is 2. The minimum atomic E-state index is -0.935. The number of likely N-dealkylation sites (tertiary alicyclic amines) is 2. The highest BCUT2D eigenvalue weighted by molar-refractivity contribution is 7.10. The van der Waals surface area contributed by atoms with E-state index < -0.39 is 30.4 Å². The zero-order chi connectivity index (χ0) is 57.3. The van der Waals surface area contributed by atoms with Crippen LogP contribution in [-0.2, 0) is 14.4 Å². The van der Waals surface area contributed by atoms with Gasteiger partial charge in [-0.2, -0.15) is 0 Å². The van der Waals surface area contributed by atoms with Crippen LogP contribution in [0.25, 0.3) is 33.6 Å². The first kappa shape index (κ1) is 58.5. The van der Waals surface area contributed by atoms with Gasteiger partial charge in [-0.05, 0) is 114 Å². The molecule has 7 N–H and O–H groups in total. The molecule has 5 amide bonds. The van der Waals surface area contributed by atoms with Gasteiger partial charge in [-0.25, -0.2) is 9.97 Å². The summed E-state index contributed by atoms with van der Waals surface area (Å²) in [5, 5.41) is 35.9. The van der Waals surface area contributed by atoms with Crippen LogP contribution in [0.1, 0.15) is 134 Å². The van der Waals surface area contributed by atoms with Gasteiger partial charge >= 0.3 is 0 Å². The molecule has 9 atom stereocenters. The molecule has 10 rings (SSSR count). The summed E-state index contributed by atoms with van der Waals surface area (Å²) in [5.41, 5.74) is 6.31. The molecule has 18 heteroatoms. The number of amides is 5. The smallest absolute Gasteiger partial charge is 0.251 e. The molecule has 4 fully saturated rings. The Bertz CT molecular complexity index is 3110. The molecule has 4 aliphatic rings. The second kappa shape index (κ2) is 27.2. The summed E-state index contributed by atoms with van der Waals surface area (Å²) in [5.74, 6) is -0.887. The molecular weight excluding hydrogens is 1070 g/mol. The summed E-state index contributed by atoms with van der Waals surface area (Å²) < 4.78 is 0. The summed E-state index contributed by atoms with van der Waals surface area (Å²) in [7, 11) is 3.52. The molecule has 9 unspecified atom stereocenters. The van der Waals surface area contributed by atoms with Crippen molar-refractivity contribution in [1.82, 2.24) is 51.7 Å². The second-order valence-electron chi connectivity index (χ2n) is 22.8. The lowest BCUT2D eigenvalue weighted by Gasteiger charge is -2.36. The minimum Gasteiger partial charge on any atom is -0.377 e. The molecule has 2 aliphatic heterocycles. The lowest BCUT2D eigenvalue weighted by atomic mass is 9.83. The van der Waals surface area contributed by atoms with E-state index in [1.54, 1.807) is 45.3 Å². The molecule has 6 aromatic rings. The van der Waals surface area contributed by atoms with E-state index in [4.69, 9.17) is 9.97 Å². The van der Waals surface area contributed by atoms with Crippen LogP contribution in [0.2, 0.25) is 0 Å². The number of carbonyl (C=O) groups excluding carboxylic acids is 5. The van der Waals surface area contributed by atoms with Crippen LogP contribution in [0, 0.1) is 11.8 Å². The van der Waals surface area contributed by atoms with Gasteiger partial charge in [0.2, 0.25) is 17.7 Å². The number of benzene rings is 4. The second-order valence-corrected chi connectivity index (χ2v) is 24.6. The number of aliphatic hydroxyl groups excluding tert-OH is 1. The van der Waals surface area contributed by atoms with Gasteiger partial charge in [-0.3, -0.25) is 29.3 Å². The summed E-state index contributed by atoms with van der Waals surface area (Å²) in [4.78, 5) is 85.3. The van der Waals surface area contributed by atoms with Crippen LogP contribution in [0.15, 0.2) is 120 Å². The number of nitrogens with one attached hydrogen (secondary N) is 6. The average molecular weight is 1150 g/mol. The topological polar surface area (TPSA) is 210 Å². The highest BCUT2D eigenvalue weighted by Gasteiger charge is 2.45. The number of thiazole rings is 2. The van der Waals surface area contributed by atoms with E-state index in [2.05, 4.69) is 31.9 Å². The van der Waals surface area contributed by atoms with E-state index in [1.165, 1.54) is 22.7 Å². The Balaban J connectivity index is 0.813. The Morgan fingerprint density at radius 1 is 0.549 bits per heavy atom. The van der Waals surface area contributed by atoms with Crippen molar-refractivity contribution in [3.05, 3.63) is 141 Å². The van der Waals surface area contributed by atoms with Crippen molar-refractivity contribution in [1.29, 1.82) is 0 Å². The van der Waals surface area contributed by atoms with Gasteiger partial charge < -0.3 is 41.5 Å². The summed E-state index contributed by atoms with van der Waals surface area (Å²) in [6, 6.07) is 31.1. The van der Waals surface area contributed by atoms with Gasteiger partial charge in [0.25, 0.3) is 11.8 Å². The number of aliphatic hydroxyl groups is 1. The highest BCUT2D eigenvalue weighted by atomic mass is 32.1. The Hall–Kier alpha value is -6.67. The minimum absolute atomic E-state index is 0.00751. The number of hydrogen-bond donors (Lipinski definition) is 7. The van der Waals surface area contributed by atoms with Crippen molar-refractivity contribution in [2.24, 2.45) is 11.8 Å². The van der Waals surface area contributed by atoms with Crippen LogP contribution in [0.3, 0.4) is 0 Å². The Labute approximate surface area is 489 Å². The largest absolute Gasteiger partial charge is 0.377 e. The van der Waals surface area contributed by atoms with Gasteiger partial charge in [0, 0.05) is 64.2 Å². The molecule has 0 bridgehead atoms. The molecule has 2 aliphatic carbocycles. The van der Waals surface area contributed by atoms with Gasteiger partial charge in [0.1, 0.15) is 22.3 Å². The normalized spacial score (nSPS) is 21.5. The molecule has 4 heterocycles. The first-order valence-corrected chi connectivity index (χ1v) is 31.2. The molecular formula is C64H78N10O6S2. The fourth-order valence-corrected chi connectivity index (χ4v) is 14.2. The zero-order valence-electron chi connectivity index (χ0n) is 47.4. The molecule has 2 saturated carbocycles. The fraction of sp³-hybridized carbons (Fsp3) is 0.453. The van der Waals surface area contributed by atoms with Gasteiger partial charge in [-0.15, -0.1) is 22.7 Å². The number of hydrogen-bond acceptors (Lipinski definition) is 13. The van der Waals surface area contributed by atoms with E-state index in [0.29, 0.717) is 30.5 Å². The third-order valence-electron chi connectivity index (χ3n) is 17.4. The van der Waals surface area contributed by atoms with Crippen LogP contribution < -0.4 is 31.9 Å². The van der Waals surface area contributed by atoms with E-state index in [9.17, 15) is 29.1 Å². The molecule has 4 aromatic carbocycles. The maximum absolute atomic E-state index is 15.0. The van der Waals surface area contributed by atoms with Crippen LogP contribution in [0.4, 0.5) is 0 Å². The predicted molar refractivity (Wildman–Crippen MR) is 323 cm³/mol. The Kier molecular flexibility index (Phi) is 19.4. The summed E-state index contributed by atoms with van der Waals surface area (Å²) in [6.45, 7) is 4.24. The standard InChI is InChI=1S/C64H78N10O6S2/c1-39(65-3)57(75)71-55(45-21-13-7-14-22-45)63(79)73-35-49(33-53(73)61-69-51(37-81-61)43-17-9-5-10-18-43)67-59(77)47-29-25-41(26-30-47)42-27-31-48(32-28-42)60(78)68-50-34-54(62-70-52(38-82-62)44-19-11-6-12-20-44)74(36-50)64(80)56(46-23-15-8-16-24-46)72-58(76)40(2)66-4/h5-6,9-12,17-20,25-32,37-40,45-46,49-50,53-57,65-66,71,75H,7-8,13-16,21-24,33-36H2,1-4H3,(H,67,77)(H,68,78)(H,72,76). The van der Waals surface area contributed by atoms with Gasteiger partial charge in [0.15, 0.2) is 0 Å². The lowest BCUT2D eigenvalue weighted by molar-refractivity contribution is -0.139. The highest BCUT2D eigenvalue weighted by Crippen LogP contribution is 2.40. The molecule has 16 nitrogen and oxygen atoms in total. The van der Waals surface area contributed by atoms with Crippen LogP contribution >= 0.6 is 22.7 Å². The number of carbonyl (C=O) groups is 5. The van der Waals surface area contributed by atoms with Crippen molar-refractivity contribution in [2.75, 3.05) is 27.2 Å². The molecule has 82 heavy (non-hydrogen) atoms. The Morgan fingerprint density at radius 3 is 1.40 bits per heavy atom. The van der Waals surface area contributed by atoms with Crippen molar-refractivity contribution in [3.63, 3.8) is 0 Å². The number of rotatable bonds is 20. The first-order chi connectivity index (χ1) is 39.8. The fourth-order valence-electron chi connectivity index (χ4n) is 12.3. The van der Waals surface area contributed by atoms with E-state index in [1.807, 2.05) is 112 Å². The van der Waals surface area contributed by atoms with E-state index >= 15 is 0 Å². The quantitative estimate of drug-likeness (QED) is 0.0359. The van der Waals surface area contributed by atoms with Crippen molar-refractivity contribution in [2.45, 2.75) is 145 Å². The molecule has 0 radical (unpaired) electrons. The Morgan fingerprint density at radius 2 is 0.976 bits per heavy atom. The van der Waals surface area contributed by atoms with Crippen molar-refractivity contribution >= 4 is 52.2 Å². The van der Waals surface area contributed by atoms with E-state index in [-0.39, 0.29) is 72.1 Å². The van der Waals surface area contributed by atoms with Crippen molar-refractivity contribution in [3.8, 4) is 33.6 Å². The molecule has 2 aromatic heterocycles. The monoisotopic (exact) mass is 1150 g/mol. The first-order valence-electron chi connectivity index (χ1n) is 29.4. The number of aromatic nitrogens is 2. The third kappa shape index (κ3) is 13.7. The van der Waals surface area contributed by atoms with Crippen LogP contribution in [0.5, 0.6) is 0 Å². The number of nitrogens with zero attached hydrogens (tertiary/aromatic N) is 4. The maximum Gasteiger partial charge on any atom is 0.251 e. The average Bonchev–Trinajstić information content (AvgIpc) is 4.06. The van der Waals surface area contributed by atoms with Gasteiger partial charge in [0.05, 0.1) is 35.6 Å². The third-order valence-corrected chi connectivity index (χ3v) is 19.3. The molecule has 2 saturated heterocycles. The van der Waals surface area contributed by atoms with Gasteiger partial charge in [-0.1, -0.05) is 123 Å².